The summed E-state index contributed by atoms with van der Waals surface area (Å²) in [6, 6.07) is 6.96. The largest absolute Gasteiger partial charge is 0.495 e. The van der Waals surface area contributed by atoms with E-state index < -0.39 is 16.4 Å². The molecule has 1 atom stereocenters. The molecular weight excluding hydrogens is 268 g/mol. The smallest absolute Gasteiger partial charge is 0.286 e. The molecule has 7 heteroatoms. The molecular formula is C12H12N2O4S. The number of anilines is 1. The monoisotopic (exact) mass is 280 g/mol. The quantitative estimate of drug-likeness (QED) is 0.870. The van der Waals surface area contributed by atoms with Gasteiger partial charge in [-0.15, -0.1) is 0 Å². The van der Waals surface area contributed by atoms with Gasteiger partial charge >= 0.3 is 0 Å². The van der Waals surface area contributed by atoms with E-state index in [0.717, 1.165) is 11.8 Å². The Morgan fingerprint density at radius 2 is 2.16 bits per heavy atom. The second-order valence-electron chi connectivity index (χ2n) is 3.84. The number of ether oxygens (including phenoxy) is 1. The molecule has 2 rings (SSSR count). The number of carbonyl (C=O) groups is 3. The predicted molar refractivity (Wildman–Crippen MR) is 71.2 cm³/mol. The first-order valence-corrected chi connectivity index (χ1v) is 6.42. The van der Waals surface area contributed by atoms with Crippen molar-refractivity contribution >= 4 is 34.5 Å². The third-order valence-corrected chi connectivity index (χ3v) is 3.50. The molecule has 0 bridgehead atoms. The van der Waals surface area contributed by atoms with Crippen LogP contribution in [0.25, 0.3) is 0 Å². The van der Waals surface area contributed by atoms with Crippen LogP contribution in [0.3, 0.4) is 0 Å². The van der Waals surface area contributed by atoms with Gasteiger partial charge in [0, 0.05) is 6.42 Å². The van der Waals surface area contributed by atoms with E-state index in [-0.39, 0.29) is 12.3 Å². The number of thioether (sulfide) groups is 1. The van der Waals surface area contributed by atoms with Gasteiger partial charge in [0.25, 0.3) is 5.24 Å². The van der Waals surface area contributed by atoms with Crippen LogP contribution in [0.4, 0.5) is 10.5 Å². The van der Waals surface area contributed by atoms with Crippen LogP contribution in [-0.2, 0) is 9.59 Å². The van der Waals surface area contributed by atoms with Gasteiger partial charge in [-0.3, -0.25) is 19.7 Å². The molecule has 0 aliphatic carbocycles. The maximum atomic E-state index is 11.8. The standard InChI is InChI=1S/C12H12N2O4S/c1-18-8-5-3-2-4-7(8)13-10(15)6-9-11(16)14-12(17)19-9/h2-5,9H,6H2,1H3,(H,13,15)(H,14,16,17). The molecule has 1 unspecified atom stereocenters. The fraction of sp³-hybridized carbons (Fsp3) is 0.250. The number of amides is 3. The number of methoxy groups -OCH3 is 1. The minimum Gasteiger partial charge on any atom is -0.495 e. The van der Waals surface area contributed by atoms with Crippen LogP contribution >= 0.6 is 11.8 Å². The van der Waals surface area contributed by atoms with Gasteiger partial charge in [0.15, 0.2) is 0 Å². The molecule has 1 aliphatic heterocycles. The number of benzene rings is 1. The van der Waals surface area contributed by atoms with E-state index in [1.807, 2.05) is 0 Å². The molecule has 3 amide bonds. The van der Waals surface area contributed by atoms with Crippen molar-refractivity contribution in [1.82, 2.24) is 5.32 Å². The highest BCUT2D eigenvalue weighted by Gasteiger charge is 2.33. The Kier molecular flexibility index (Phi) is 4.06. The minimum absolute atomic E-state index is 0.0553. The first-order valence-electron chi connectivity index (χ1n) is 5.54. The third kappa shape index (κ3) is 3.25. The number of rotatable bonds is 4. The first-order chi connectivity index (χ1) is 9.10. The summed E-state index contributed by atoms with van der Waals surface area (Å²) in [7, 11) is 1.50. The topological polar surface area (TPSA) is 84.5 Å². The van der Waals surface area contributed by atoms with Crippen molar-refractivity contribution in [2.45, 2.75) is 11.7 Å². The lowest BCUT2D eigenvalue weighted by Crippen LogP contribution is -2.27. The number of carbonyl (C=O) groups excluding carboxylic acids is 3. The van der Waals surface area contributed by atoms with E-state index in [0.29, 0.717) is 11.4 Å². The summed E-state index contributed by atoms with van der Waals surface area (Å²) in [4.78, 5) is 34.1. The number of para-hydroxylation sites is 2. The van der Waals surface area contributed by atoms with Crippen molar-refractivity contribution in [2.75, 3.05) is 12.4 Å². The predicted octanol–water partition coefficient (Wildman–Crippen LogP) is 1.38. The van der Waals surface area contributed by atoms with Crippen LogP contribution in [0.15, 0.2) is 24.3 Å². The molecule has 2 N–H and O–H groups in total. The Bertz CT molecular complexity index is 532. The van der Waals surface area contributed by atoms with Crippen molar-refractivity contribution in [3.05, 3.63) is 24.3 Å². The fourth-order valence-corrected chi connectivity index (χ4v) is 2.46. The molecule has 0 radical (unpaired) electrons. The summed E-state index contributed by atoms with van der Waals surface area (Å²) < 4.78 is 5.10. The highest BCUT2D eigenvalue weighted by molar-refractivity contribution is 8.15. The average Bonchev–Trinajstić information content (AvgIpc) is 2.68. The van der Waals surface area contributed by atoms with Crippen molar-refractivity contribution in [3.63, 3.8) is 0 Å². The molecule has 1 saturated heterocycles. The molecule has 0 saturated carbocycles. The lowest BCUT2D eigenvalue weighted by atomic mass is 10.2. The number of hydrogen-bond donors (Lipinski definition) is 2. The van der Waals surface area contributed by atoms with Gasteiger partial charge in [-0.25, -0.2) is 0 Å². The van der Waals surface area contributed by atoms with Gasteiger partial charge in [0.2, 0.25) is 11.8 Å². The third-order valence-electron chi connectivity index (χ3n) is 2.52. The first kappa shape index (κ1) is 13.4. The van der Waals surface area contributed by atoms with Crippen molar-refractivity contribution in [2.24, 2.45) is 0 Å². The zero-order chi connectivity index (χ0) is 13.8. The van der Waals surface area contributed by atoms with Crippen LogP contribution in [-0.4, -0.2) is 29.4 Å². The average molecular weight is 280 g/mol. The van der Waals surface area contributed by atoms with E-state index >= 15 is 0 Å². The minimum atomic E-state index is -0.665. The highest BCUT2D eigenvalue weighted by atomic mass is 32.2. The summed E-state index contributed by atoms with van der Waals surface area (Å²) >= 11 is 0.831. The normalized spacial score (nSPS) is 18.1. The molecule has 19 heavy (non-hydrogen) atoms. The van der Waals surface area contributed by atoms with Crippen LogP contribution in [0.1, 0.15) is 6.42 Å². The molecule has 0 spiro atoms. The van der Waals surface area contributed by atoms with E-state index in [1.54, 1.807) is 24.3 Å². The maximum Gasteiger partial charge on any atom is 0.286 e. The van der Waals surface area contributed by atoms with Gasteiger partial charge in [-0.2, -0.15) is 0 Å². The molecule has 100 valence electrons. The molecule has 0 aromatic heterocycles. The van der Waals surface area contributed by atoms with Gasteiger partial charge in [0.05, 0.1) is 12.8 Å². The lowest BCUT2D eigenvalue weighted by Gasteiger charge is -2.10. The molecule has 1 fully saturated rings. The van der Waals surface area contributed by atoms with Crippen molar-refractivity contribution in [1.29, 1.82) is 0 Å². The summed E-state index contributed by atoms with van der Waals surface area (Å²) in [5.41, 5.74) is 0.532. The van der Waals surface area contributed by atoms with Crippen LogP contribution in [0, 0.1) is 0 Å². The second kappa shape index (κ2) is 5.75. The molecule has 1 heterocycles. The SMILES string of the molecule is COc1ccccc1NC(=O)CC1SC(=O)NC1=O. The van der Waals surface area contributed by atoms with Crippen molar-refractivity contribution < 1.29 is 19.1 Å². The van der Waals surface area contributed by atoms with E-state index in [4.69, 9.17) is 4.74 Å². The fourth-order valence-electron chi connectivity index (χ4n) is 1.65. The summed E-state index contributed by atoms with van der Waals surface area (Å²) in [6.07, 6.45) is -0.0553. The van der Waals surface area contributed by atoms with Crippen LogP contribution in [0.5, 0.6) is 5.75 Å². The Balaban J connectivity index is 1.98. The number of imide groups is 1. The summed E-state index contributed by atoms with van der Waals surface area (Å²) in [5, 5.41) is 3.71. The number of nitrogens with one attached hydrogen (secondary N) is 2. The molecule has 1 aromatic carbocycles. The van der Waals surface area contributed by atoms with Gasteiger partial charge in [0.1, 0.15) is 11.0 Å². The maximum absolute atomic E-state index is 11.8. The number of hydrogen-bond acceptors (Lipinski definition) is 5. The molecule has 6 nitrogen and oxygen atoms in total. The zero-order valence-electron chi connectivity index (χ0n) is 10.1. The Morgan fingerprint density at radius 3 is 2.79 bits per heavy atom. The van der Waals surface area contributed by atoms with Gasteiger partial charge in [-0.05, 0) is 12.1 Å². The van der Waals surface area contributed by atoms with Crippen molar-refractivity contribution in [3.8, 4) is 5.75 Å². The summed E-state index contributed by atoms with van der Waals surface area (Å²) in [5.74, 6) is -0.229. The summed E-state index contributed by atoms with van der Waals surface area (Å²) in [6.45, 7) is 0. The Hall–Kier alpha value is -2.02. The lowest BCUT2D eigenvalue weighted by molar-refractivity contribution is -0.122. The van der Waals surface area contributed by atoms with Crippen LogP contribution in [0.2, 0.25) is 0 Å². The van der Waals surface area contributed by atoms with Gasteiger partial charge < -0.3 is 10.1 Å². The second-order valence-corrected chi connectivity index (χ2v) is 5.01. The van der Waals surface area contributed by atoms with E-state index in [2.05, 4.69) is 10.6 Å². The highest BCUT2D eigenvalue weighted by Crippen LogP contribution is 2.25. The Morgan fingerprint density at radius 1 is 1.42 bits per heavy atom. The van der Waals surface area contributed by atoms with E-state index in [1.165, 1.54) is 7.11 Å². The Labute approximate surface area is 113 Å². The zero-order valence-corrected chi connectivity index (χ0v) is 11.0. The molecule has 1 aliphatic rings. The van der Waals surface area contributed by atoms with Crippen LogP contribution < -0.4 is 15.4 Å². The van der Waals surface area contributed by atoms with Gasteiger partial charge in [-0.1, -0.05) is 23.9 Å². The molecule has 1 aromatic rings. The van der Waals surface area contributed by atoms with E-state index in [9.17, 15) is 14.4 Å².